The summed E-state index contributed by atoms with van der Waals surface area (Å²) in [4.78, 5) is 24.7. The van der Waals surface area contributed by atoms with E-state index >= 15 is 0 Å². The summed E-state index contributed by atoms with van der Waals surface area (Å²) in [5.41, 5.74) is 2.10. The molecular formula is C18H26N2O4. The highest BCUT2D eigenvalue weighted by molar-refractivity contribution is 5.78. The Morgan fingerprint density at radius 3 is 2.67 bits per heavy atom. The number of aliphatic carboxylic acids is 1. The SMILES string of the molecule is CCN(CC(=O)O)C1CC(NC(=O)COc2cc(C)ccc2C)C1. The van der Waals surface area contributed by atoms with E-state index in [1.165, 1.54) is 0 Å². The Balaban J connectivity index is 1.73. The summed E-state index contributed by atoms with van der Waals surface area (Å²) in [6.45, 7) is 6.64. The third-order valence-corrected chi connectivity index (χ3v) is 4.44. The number of likely N-dealkylation sites (N-methyl/N-ethyl adjacent to an activating group) is 1. The molecule has 0 bridgehead atoms. The van der Waals surface area contributed by atoms with E-state index < -0.39 is 5.97 Å². The molecule has 6 heteroatoms. The molecule has 1 aromatic rings. The number of nitrogens with zero attached hydrogens (tertiary/aromatic N) is 1. The molecule has 0 atom stereocenters. The molecule has 1 saturated carbocycles. The quantitative estimate of drug-likeness (QED) is 0.757. The smallest absolute Gasteiger partial charge is 0.317 e. The molecule has 0 unspecified atom stereocenters. The molecule has 1 aliphatic rings. The molecule has 2 rings (SSSR count). The van der Waals surface area contributed by atoms with Crippen molar-refractivity contribution in [3.8, 4) is 5.75 Å². The van der Waals surface area contributed by atoms with Gasteiger partial charge in [-0.05, 0) is 50.4 Å². The van der Waals surface area contributed by atoms with E-state index in [1.807, 2.05) is 43.9 Å². The molecule has 0 aliphatic heterocycles. The first kappa shape index (κ1) is 18.3. The van der Waals surface area contributed by atoms with E-state index in [0.717, 1.165) is 29.7 Å². The monoisotopic (exact) mass is 334 g/mol. The zero-order chi connectivity index (χ0) is 17.7. The van der Waals surface area contributed by atoms with Gasteiger partial charge in [-0.1, -0.05) is 19.1 Å². The van der Waals surface area contributed by atoms with Crippen LogP contribution in [0, 0.1) is 13.8 Å². The summed E-state index contributed by atoms with van der Waals surface area (Å²) in [6, 6.07) is 6.24. The van der Waals surface area contributed by atoms with Gasteiger partial charge in [-0.25, -0.2) is 0 Å². The van der Waals surface area contributed by atoms with Gasteiger partial charge in [0.05, 0.1) is 6.54 Å². The molecule has 0 saturated heterocycles. The Bertz CT molecular complexity index is 597. The van der Waals surface area contributed by atoms with E-state index in [0.29, 0.717) is 6.54 Å². The maximum absolute atomic E-state index is 12.0. The molecule has 0 spiro atoms. The first-order valence-corrected chi connectivity index (χ1v) is 8.34. The maximum atomic E-state index is 12.0. The molecule has 2 N–H and O–H groups in total. The van der Waals surface area contributed by atoms with Crippen LogP contribution in [0.15, 0.2) is 18.2 Å². The van der Waals surface area contributed by atoms with Crippen molar-refractivity contribution in [2.75, 3.05) is 19.7 Å². The van der Waals surface area contributed by atoms with Gasteiger partial charge in [0.15, 0.2) is 6.61 Å². The number of hydrogen-bond acceptors (Lipinski definition) is 4. The third-order valence-electron chi connectivity index (χ3n) is 4.44. The number of carboxylic acids is 1. The highest BCUT2D eigenvalue weighted by Crippen LogP contribution is 2.25. The van der Waals surface area contributed by atoms with Crippen LogP contribution in [0.4, 0.5) is 0 Å². The van der Waals surface area contributed by atoms with Crippen LogP contribution in [0.1, 0.15) is 30.9 Å². The zero-order valence-electron chi connectivity index (χ0n) is 14.5. The highest BCUT2D eigenvalue weighted by Gasteiger charge is 2.34. The topological polar surface area (TPSA) is 78.9 Å². The molecule has 6 nitrogen and oxygen atoms in total. The second-order valence-corrected chi connectivity index (χ2v) is 6.40. The molecule has 0 aromatic heterocycles. The fourth-order valence-electron chi connectivity index (χ4n) is 2.95. The minimum atomic E-state index is -0.814. The van der Waals surface area contributed by atoms with Crippen LogP contribution in [-0.4, -0.2) is 53.7 Å². The Morgan fingerprint density at radius 1 is 1.33 bits per heavy atom. The zero-order valence-corrected chi connectivity index (χ0v) is 14.5. The Hall–Kier alpha value is -2.08. The first-order valence-electron chi connectivity index (χ1n) is 8.34. The lowest BCUT2D eigenvalue weighted by molar-refractivity contribution is -0.139. The molecule has 1 aliphatic carbocycles. The third kappa shape index (κ3) is 4.96. The van der Waals surface area contributed by atoms with Gasteiger partial charge in [-0.3, -0.25) is 14.5 Å². The maximum Gasteiger partial charge on any atom is 0.317 e. The van der Waals surface area contributed by atoms with Crippen LogP contribution >= 0.6 is 0 Å². The van der Waals surface area contributed by atoms with Gasteiger partial charge in [0, 0.05) is 12.1 Å². The molecule has 1 fully saturated rings. The molecule has 0 heterocycles. The summed E-state index contributed by atoms with van der Waals surface area (Å²) in [7, 11) is 0. The molecular weight excluding hydrogens is 308 g/mol. The lowest BCUT2D eigenvalue weighted by Crippen LogP contribution is -2.55. The summed E-state index contributed by atoms with van der Waals surface area (Å²) >= 11 is 0. The number of ether oxygens (including phenoxy) is 1. The predicted octanol–water partition coefficient (Wildman–Crippen LogP) is 1.74. The fraction of sp³-hybridized carbons (Fsp3) is 0.556. The van der Waals surface area contributed by atoms with E-state index in [1.54, 1.807) is 0 Å². The van der Waals surface area contributed by atoms with Gasteiger partial charge in [-0.2, -0.15) is 0 Å². The number of hydrogen-bond donors (Lipinski definition) is 2. The standard InChI is InChI=1S/C18H26N2O4/c1-4-20(10-18(22)23)15-8-14(9-15)19-17(21)11-24-16-7-12(2)5-6-13(16)3/h5-7,14-15H,4,8-11H2,1-3H3,(H,19,21)(H,22,23). The van der Waals surface area contributed by atoms with E-state index in [-0.39, 0.29) is 31.1 Å². The molecule has 1 amide bonds. The molecule has 132 valence electrons. The number of carbonyl (C=O) groups is 2. The lowest BCUT2D eigenvalue weighted by Gasteiger charge is -2.42. The van der Waals surface area contributed by atoms with Crippen molar-refractivity contribution >= 4 is 11.9 Å². The Labute approximate surface area is 142 Å². The number of benzene rings is 1. The predicted molar refractivity (Wildman–Crippen MR) is 91.2 cm³/mol. The average Bonchev–Trinajstić information content (AvgIpc) is 2.49. The number of nitrogens with one attached hydrogen (secondary N) is 1. The lowest BCUT2D eigenvalue weighted by atomic mass is 9.85. The number of amides is 1. The fourth-order valence-corrected chi connectivity index (χ4v) is 2.95. The van der Waals surface area contributed by atoms with Crippen molar-refractivity contribution < 1.29 is 19.4 Å². The minimum absolute atomic E-state index is 0.00191. The number of rotatable bonds is 8. The average molecular weight is 334 g/mol. The first-order chi connectivity index (χ1) is 11.4. The van der Waals surface area contributed by atoms with E-state index in [4.69, 9.17) is 9.84 Å². The molecule has 1 aromatic carbocycles. The van der Waals surface area contributed by atoms with Crippen LogP contribution in [0.3, 0.4) is 0 Å². The van der Waals surface area contributed by atoms with Crippen molar-refractivity contribution in [1.29, 1.82) is 0 Å². The summed E-state index contributed by atoms with van der Waals surface area (Å²) in [5.74, 6) is -0.220. The largest absolute Gasteiger partial charge is 0.483 e. The van der Waals surface area contributed by atoms with Gasteiger partial charge in [0.25, 0.3) is 5.91 Å². The Morgan fingerprint density at radius 2 is 2.04 bits per heavy atom. The van der Waals surface area contributed by atoms with Crippen molar-refractivity contribution in [1.82, 2.24) is 10.2 Å². The van der Waals surface area contributed by atoms with Crippen LogP contribution < -0.4 is 10.1 Å². The molecule has 0 radical (unpaired) electrons. The Kier molecular flexibility index (Phi) is 6.20. The van der Waals surface area contributed by atoms with Crippen molar-refractivity contribution in [3.63, 3.8) is 0 Å². The van der Waals surface area contributed by atoms with Gasteiger partial charge in [0.2, 0.25) is 0 Å². The van der Waals surface area contributed by atoms with Gasteiger partial charge >= 0.3 is 5.97 Å². The molecule has 24 heavy (non-hydrogen) atoms. The van der Waals surface area contributed by atoms with Crippen molar-refractivity contribution in [2.24, 2.45) is 0 Å². The van der Waals surface area contributed by atoms with Gasteiger partial charge in [0.1, 0.15) is 5.75 Å². The number of carbonyl (C=O) groups excluding carboxylic acids is 1. The highest BCUT2D eigenvalue weighted by atomic mass is 16.5. The normalized spacial score (nSPS) is 19.7. The second kappa shape index (κ2) is 8.15. The van der Waals surface area contributed by atoms with Gasteiger partial charge in [-0.15, -0.1) is 0 Å². The number of carboxylic acid groups (broad SMARTS) is 1. The minimum Gasteiger partial charge on any atom is -0.483 e. The van der Waals surface area contributed by atoms with Crippen LogP contribution in [-0.2, 0) is 9.59 Å². The van der Waals surface area contributed by atoms with E-state index in [9.17, 15) is 9.59 Å². The van der Waals surface area contributed by atoms with E-state index in [2.05, 4.69) is 5.32 Å². The van der Waals surface area contributed by atoms with Crippen LogP contribution in [0.5, 0.6) is 5.75 Å². The number of aryl methyl sites for hydroxylation is 2. The summed E-state index contributed by atoms with van der Waals surface area (Å²) < 4.78 is 5.60. The van der Waals surface area contributed by atoms with Crippen molar-refractivity contribution in [2.45, 2.75) is 45.7 Å². The van der Waals surface area contributed by atoms with Crippen LogP contribution in [0.2, 0.25) is 0 Å². The summed E-state index contributed by atoms with van der Waals surface area (Å²) in [5, 5.41) is 11.8. The summed E-state index contributed by atoms with van der Waals surface area (Å²) in [6.07, 6.45) is 1.58. The second-order valence-electron chi connectivity index (χ2n) is 6.40. The van der Waals surface area contributed by atoms with Gasteiger partial charge < -0.3 is 15.2 Å². The van der Waals surface area contributed by atoms with Crippen LogP contribution in [0.25, 0.3) is 0 Å². The van der Waals surface area contributed by atoms with Crippen molar-refractivity contribution in [3.05, 3.63) is 29.3 Å².